The molecular weight excluding hydrogens is 250 g/mol. The van der Waals surface area contributed by atoms with E-state index in [0.29, 0.717) is 39.6 Å². The maximum Gasteiger partial charge on any atom is 0.325 e. The molecule has 0 aliphatic heterocycles. The molecule has 1 unspecified atom stereocenters. The van der Waals surface area contributed by atoms with Crippen molar-refractivity contribution in [3.63, 3.8) is 0 Å². The lowest BCUT2D eigenvalue weighted by Crippen LogP contribution is -2.42. The first-order chi connectivity index (χ1) is 9.26. The summed E-state index contributed by atoms with van der Waals surface area (Å²) in [5, 5.41) is 3.10. The first-order valence-corrected chi connectivity index (χ1v) is 6.80. The molecule has 0 radical (unpaired) electrons. The van der Waals surface area contributed by atoms with Crippen molar-refractivity contribution in [2.24, 2.45) is 0 Å². The molecule has 0 aromatic rings. The highest BCUT2D eigenvalue weighted by Crippen LogP contribution is 1.93. The van der Waals surface area contributed by atoms with Gasteiger partial charge in [0, 0.05) is 7.11 Å². The van der Waals surface area contributed by atoms with Crippen LogP contribution in [0.4, 0.5) is 0 Å². The molecule has 0 aliphatic rings. The summed E-state index contributed by atoms with van der Waals surface area (Å²) in [7, 11) is 1.63. The van der Waals surface area contributed by atoms with Gasteiger partial charge in [-0.25, -0.2) is 0 Å². The summed E-state index contributed by atoms with van der Waals surface area (Å²) in [5.41, 5.74) is 0. The van der Waals surface area contributed by atoms with Gasteiger partial charge in [0.2, 0.25) is 0 Å². The number of esters is 1. The van der Waals surface area contributed by atoms with Gasteiger partial charge in [0.25, 0.3) is 0 Å². The number of rotatable bonds is 13. The predicted molar refractivity (Wildman–Crippen MR) is 72.2 cm³/mol. The van der Waals surface area contributed by atoms with Crippen LogP contribution in [-0.4, -0.2) is 65.3 Å². The zero-order valence-corrected chi connectivity index (χ0v) is 12.3. The summed E-state index contributed by atoms with van der Waals surface area (Å²) < 4.78 is 20.5. The van der Waals surface area contributed by atoms with Gasteiger partial charge in [-0.05, 0) is 19.9 Å². The van der Waals surface area contributed by atoms with Gasteiger partial charge in [-0.2, -0.15) is 0 Å². The lowest BCUT2D eigenvalue weighted by molar-refractivity contribution is -0.147. The van der Waals surface area contributed by atoms with Crippen LogP contribution in [0.2, 0.25) is 0 Å². The summed E-state index contributed by atoms with van der Waals surface area (Å²) in [6.45, 7) is 7.34. The van der Waals surface area contributed by atoms with Gasteiger partial charge < -0.3 is 24.3 Å². The number of carbonyl (C=O) groups is 1. The quantitative estimate of drug-likeness (QED) is 0.393. The van der Waals surface area contributed by atoms with E-state index in [0.717, 1.165) is 13.0 Å². The Labute approximate surface area is 115 Å². The van der Waals surface area contributed by atoms with Crippen molar-refractivity contribution < 1.29 is 23.7 Å². The summed E-state index contributed by atoms with van der Waals surface area (Å²) in [6.07, 6.45) is 0.954. The zero-order chi connectivity index (χ0) is 14.3. The van der Waals surface area contributed by atoms with Crippen LogP contribution < -0.4 is 5.32 Å². The van der Waals surface area contributed by atoms with Crippen LogP contribution in [-0.2, 0) is 23.7 Å². The molecule has 6 nitrogen and oxygen atoms in total. The topological polar surface area (TPSA) is 66.0 Å². The Balaban J connectivity index is 3.70. The molecule has 0 rings (SSSR count). The highest BCUT2D eigenvalue weighted by molar-refractivity contribution is 5.75. The third-order valence-electron chi connectivity index (χ3n) is 2.30. The van der Waals surface area contributed by atoms with Crippen molar-refractivity contribution in [2.75, 3.05) is 53.3 Å². The van der Waals surface area contributed by atoms with Gasteiger partial charge in [0.05, 0.1) is 39.6 Å². The fourth-order valence-corrected chi connectivity index (χ4v) is 1.34. The van der Waals surface area contributed by atoms with Crippen LogP contribution in [0.5, 0.6) is 0 Å². The molecule has 6 heteroatoms. The van der Waals surface area contributed by atoms with Crippen LogP contribution >= 0.6 is 0 Å². The molecule has 0 spiro atoms. The molecule has 0 aromatic heterocycles. The standard InChI is InChI=1S/C13H27NO5/c1-4-6-14-12(13(15)19-5-2)11-18-10-9-17-8-7-16-3/h12,14H,4-11H2,1-3H3. The van der Waals surface area contributed by atoms with Gasteiger partial charge in [-0.3, -0.25) is 4.79 Å². The number of hydrogen-bond acceptors (Lipinski definition) is 6. The highest BCUT2D eigenvalue weighted by Gasteiger charge is 2.18. The van der Waals surface area contributed by atoms with Crippen molar-refractivity contribution in [1.82, 2.24) is 5.32 Å². The van der Waals surface area contributed by atoms with E-state index >= 15 is 0 Å². The molecule has 0 aromatic carbocycles. The molecule has 0 fully saturated rings. The Bertz CT molecular complexity index is 213. The van der Waals surface area contributed by atoms with E-state index in [1.54, 1.807) is 14.0 Å². The Kier molecular flexibility index (Phi) is 13.2. The Morgan fingerprint density at radius 3 is 2.42 bits per heavy atom. The van der Waals surface area contributed by atoms with E-state index in [2.05, 4.69) is 5.32 Å². The summed E-state index contributed by atoms with van der Waals surface area (Å²) >= 11 is 0. The third-order valence-corrected chi connectivity index (χ3v) is 2.30. The van der Waals surface area contributed by atoms with Crippen molar-refractivity contribution in [1.29, 1.82) is 0 Å². The minimum atomic E-state index is -0.404. The van der Waals surface area contributed by atoms with Crippen LogP contribution in [0.25, 0.3) is 0 Å². The number of nitrogens with one attached hydrogen (secondary N) is 1. The van der Waals surface area contributed by atoms with Crippen molar-refractivity contribution in [2.45, 2.75) is 26.3 Å². The molecule has 0 bridgehead atoms. The number of hydrogen-bond donors (Lipinski definition) is 1. The van der Waals surface area contributed by atoms with Crippen LogP contribution in [0.15, 0.2) is 0 Å². The SMILES string of the molecule is CCCNC(COCCOCCOC)C(=O)OCC. The van der Waals surface area contributed by atoms with E-state index in [4.69, 9.17) is 18.9 Å². The average molecular weight is 277 g/mol. The largest absolute Gasteiger partial charge is 0.465 e. The highest BCUT2D eigenvalue weighted by atomic mass is 16.5. The zero-order valence-electron chi connectivity index (χ0n) is 12.3. The Morgan fingerprint density at radius 2 is 1.79 bits per heavy atom. The minimum absolute atomic E-state index is 0.267. The average Bonchev–Trinajstić information content (AvgIpc) is 2.41. The molecule has 19 heavy (non-hydrogen) atoms. The lowest BCUT2D eigenvalue weighted by Gasteiger charge is -2.17. The van der Waals surface area contributed by atoms with Crippen molar-refractivity contribution in [3.8, 4) is 0 Å². The summed E-state index contributed by atoms with van der Waals surface area (Å²) in [4.78, 5) is 11.6. The summed E-state index contributed by atoms with van der Waals surface area (Å²) in [6, 6.07) is -0.404. The van der Waals surface area contributed by atoms with Crippen molar-refractivity contribution >= 4 is 5.97 Å². The monoisotopic (exact) mass is 277 g/mol. The number of methoxy groups -OCH3 is 1. The second-order valence-corrected chi connectivity index (χ2v) is 3.94. The molecular formula is C13H27NO5. The van der Waals surface area contributed by atoms with E-state index in [1.165, 1.54) is 0 Å². The van der Waals surface area contributed by atoms with Crippen LogP contribution in [0.1, 0.15) is 20.3 Å². The molecule has 0 heterocycles. The smallest absolute Gasteiger partial charge is 0.325 e. The fraction of sp³-hybridized carbons (Fsp3) is 0.923. The lowest BCUT2D eigenvalue weighted by atomic mass is 10.3. The molecule has 0 aliphatic carbocycles. The molecule has 1 N–H and O–H groups in total. The van der Waals surface area contributed by atoms with E-state index in [9.17, 15) is 4.79 Å². The van der Waals surface area contributed by atoms with Gasteiger partial charge in [-0.1, -0.05) is 6.92 Å². The Morgan fingerprint density at radius 1 is 1.11 bits per heavy atom. The van der Waals surface area contributed by atoms with E-state index < -0.39 is 6.04 Å². The Hall–Kier alpha value is -0.690. The van der Waals surface area contributed by atoms with Gasteiger partial charge in [0.1, 0.15) is 6.04 Å². The summed E-state index contributed by atoms with van der Waals surface area (Å²) in [5.74, 6) is -0.267. The molecule has 0 saturated carbocycles. The maximum atomic E-state index is 11.6. The van der Waals surface area contributed by atoms with E-state index in [-0.39, 0.29) is 5.97 Å². The molecule has 114 valence electrons. The van der Waals surface area contributed by atoms with Gasteiger partial charge in [-0.15, -0.1) is 0 Å². The fourth-order valence-electron chi connectivity index (χ4n) is 1.34. The van der Waals surface area contributed by atoms with Crippen LogP contribution in [0, 0.1) is 0 Å². The minimum Gasteiger partial charge on any atom is -0.465 e. The first kappa shape index (κ1) is 18.3. The van der Waals surface area contributed by atoms with Crippen LogP contribution in [0.3, 0.4) is 0 Å². The number of ether oxygens (including phenoxy) is 4. The van der Waals surface area contributed by atoms with Gasteiger partial charge >= 0.3 is 5.97 Å². The van der Waals surface area contributed by atoms with Gasteiger partial charge in [0.15, 0.2) is 0 Å². The molecule has 0 saturated heterocycles. The first-order valence-electron chi connectivity index (χ1n) is 6.80. The van der Waals surface area contributed by atoms with Crippen molar-refractivity contribution in [3.05, 3.63) is 0 Å². The number of carbonyl (C=O) groups excluding carboxylic acids is 1. The second-order valence-electron chi connectivity index (χ2n) is 3.94. The second kappa shape index (κ2) is 13.7. The molecule has 0 amide bonds. The van der Waals surface area contributed by atoms with E-state index in [1.807, 2.05) is 6.92 Å². The maximum absolute atomic E-state index is 11.6. The normalized spacial score (nSPS) is 12.4. The third kappa shape index (κ3) is 10.9. The predicted octanol–water partition coefficient (Wildman–Crippen LogP) is 0.597. The molecule has 1 atom stereocenters.